The predicted octanol–water partition coefficient (Wildman–Crippen LogP) is 2.29. The number of hydrogen-bond acceptors (Lipinski definition) is 4. The molecule has 5 nitrogen and oxygen atoms in total. The highest BCUT2D eigenvalue weighted by molar-refractivity contribution is 6.03. The molecule has 0 saturated carbocycles. The van der Waals surface area contributed by atoms with Gasteiger partial charge in [0.25, 0.3) is 5.91 Å². The number of nitrogen functional groups attached to an aromatic ring is 1. The zero-order valence-corrected chi connectivity index (χ0v) is 11.8. The summed E-state index contributed by atoms with van der Waals surface area (Å²) in [4.78, 5) is 18.1. The molecule has 0 aliphatic rings. The number of nitrogens with one attached hydrogen (secondary N) is 1. The second-order valence-electron chi connectivity index (χ2n) is 4.80. The molecule has 5 heteroatoms. The van der Waals surface area contributed by atoms with Crippen LogP contribution in [0.3, 0.4) is 0 Å². The highest BCUT2D eigenvalue weighted by Crippen LogP contribution is 2.22. The van der Waals surface area contributed by atoms with Crippen LogP contribution in [0.15, 0.2) is 36.4 Å². The third-order valence-electron chi connectivity index (χ3n) is 2.95. The number of anilines is 3. The van der Waals surface area contributed by atoms with E-state index in [1.807, 2.05) is 44.1 Å². The van der Waals surface area contributed by atoms with E-state index >= 15 is 0 Å². The van der Waals surface area contributed by atoms with Crippen LogP contribution in [0.25, 0.3) is 0 Å². The summed E-state index contributed by atoms with van der Waals surface area (Å²) in [6.45, 7) is 2.03. The molecule has 0 radical (unpaired) electrons. The largest absolute Gasteiger partial charge is 0.384 e. The van der Waals surface area contributed by atoms with Crippen LogP contribution in [0.4, 0.5) is 17.2 Å². The van der Waals surface area contributed by atoms with Crippen molar-refractivity contribution < 1.29 is 4.79 Å². The average Bonchev–Trinajstić information content (AvgIpc) is 2.40. The predicted molar refractivity (Wildman–Crippen MR) is 82.1 cm³/mol. The fraction of sp³-hybridized carbons (Fsp3) is 0.200. The maximum absolute atomic E-state index is 12.1. The molecule has 1 aromatic carbocycles. The van der Waals surface area contributed by atoms with Crippen molar-refractivity contribution in [1.29, 1.82) is 0 Å². The Hall–Kier alpha value is -2.56. The van der Waals surface area contributed by atoms with Crippen molar-refractivity contribution in [3.05, 3.63) is 47.7 Å². The van der Waals surface area contributed by atoms with Crippen LogP contribution < -0.4 is 16.0 Å². The van der Waals surface area contributed by atoms with E-state index in [0.717, 1.165) is 16.9 Å². The molecule has 3 N–H and O–H groups in total. The van der Waals surface area contributed by atoms with Crippen molar-refractivity contribution in [3.63, 3.8) is 0 Å². The number of pyridine rings is 1. The van der Waals surface area contributed by atoms with Gasteiger partial charge in [-0.1, -0.05) is 12.1 Å². The lowest BCUT2D eigenvalue weighted by Gasteiger charge is -2.17. The second-order valence-corrected chi connectivity index (χ2v) is 4.80. The molecule has 2 aromatic rings. The first kappa shape index (κ1) is 13.9. The normalized spacial score (nSPS) is 10.2. The minimum Gasteiger partial charge on any atom is -0.384 e. The Morgan fingerprint density at radius 3 is 2.65 bits per heavy atom. The fourth-order valence-electron chi connectivity index (χ4n) is 1.94. The molecule has 0 spiro atoms. The maximum atomic E-state index is 12.1. The highest BCUT2D eigenvalue weighted by atomic mass is 16.1. The van der Waals surface area contributed by atoms with E-state index < -0.39 is 0 Å². The summed E-state index contributed by atoms with van der Waals surface area (Å²) in [5.74, 6) is 0.0568. The van der Waals surface area contributed by atoms with Crippen LogP contribution in [0.2, 0.25) is 0 Å². The van der Waals surface area contributed by atoms with E-state index in [1.165, 1.54) is 0 Å². The zero-order valence-electron chi connectivity index (χ0n) is 11.8. The first-order chi connectivity index (χ1) is 9.47. The Morgan fingerprint density at radius 2 is 2.00 bits per heavy atom. The van der Waals surface area contributed by atoms with Gasteiger partial charge in [0, 0.05) is 25.5 Å². The molecule has 2 rings (SSSR count). The number of amides is 1. The van der Waals surface area contributed by atoms with Crippen molar-refractivity contribution in [1.82, 2.24) is 4.98 Å². The number of carbonyl (C=O) groups excluding carboxylic acids is 1. The maximum Gasteiger partial charge on any atom is 0.274 e. The van der Waals surface area contributed by atoms with E-state index in [2.05, 4.69) is 10.3 Å². The third kappa shape index (κ3) is 3.06. The minimum absolute atomic E-state index is 0.272. The molecule has 1 aromatic heterocycles. The molecule has 0 fully saturated rings. The molecule has 1 amide bonds. The monoisotopic (exact) mass is 270 g/mol. The molecule has 20 heavy (non-hydrogen) atoms. The smallest absolute Gasteiger partial charge is 0.274 e. The van der Waals surface area contributed by atoms with Gasteiger partial charge in [-0.3, -0.25) is 4.79 Å². The van der Waals surface area contributed by atoms with Crippen molar-refractivity contribution in [2.24, 2.45) is 0 Å². The zero-order chi connectivity index (χ0) is 14.7. The number of carbonyl (C=O) groups is 1. The Bertz CT molecular complexity index is 638. The summed E-state index contributed by atoms with van der Waals surface area (Å²) >= 11 is 0. The van der Waals surface area contributed by atoms with Crippen LogP contribution in [0, 0.1) is 6.92 Å². The molecule has 0 atom stereocenters. The molecular weight excluding hydrogens is 252 g/mol. The SMILES string of the molecule is Cc1ccc(NC(=O)c2cccc(N)n2)cc1N(C)C. The molecule has 1 heterocycles. The number of hydrogen-bond donors (Lipinski definition) is 2. The van der Waals surface area contributed by atoms with Crippen LogP contribution in [0.5, 0.6) is 0 Å². The van der Waals surface area contributed by atoms with E-state index in [9.17, 15) is 4.79 Å². The summed E-state index contributed by atoms with van der Waals surface area (Å²) in [5, 5.41) is 2.82. The van der Waals surface area contributed by atoms with E-state index in [1.54, 1.807) is 18.2 Å². The number of aromatic nitrogens is 1. The van der Waals surface area contributed by atoms with Gasteiger partial charge >= 0.3 is 0 Å². The van der Waals surface area contributed by atoms with Crippen molar-refractivity contribution in [2.75, 3.05) is 30.0 Å². The lowest BCUT2D eigenvalue weighted by molar-refractivity contribution is 0.102. The van der Waals surface area contributed by atoms with Crippen LogP contribution in [-0.2, 0) is 0 Å². The van der Waals surface area contributed by atoms with Gasteiger partial charge in [0.15, 0.2) is 0 Å². The molecule has 0 bridgehead atoms. The minimum atomic E-state index is -0.272. The first-order valence-corrected chi connectivity index (χ1v) is 6.29. The molecule has 0 saturated heterocycles. The Morgan fingerprint density at radius 1 is 1.25 bits per heavy atom. The molecule has 0 aliphatic carbocycles. The summed E-state index contributed by atoms with van der Waals surface area (Å²) < 4.78 is 0. The number of nitrogens with zero attached hydrogens (tertiary/aromatic N) is 2. The van der Waals surface area contributed by atoms with Gasteiger partial charge in [0.2, 0.25) is 0 Å². The average molecular weight is 270 g/mol. The van der Waals surface area contributed by atoms with Gasteiger partial charge in [-0.25, -0.2) is 4.98 Å². The van der Waals surface area contributed by atoms with E-state index in [-0.39, 0.29) is 5.91 Å². The standard InChI is InChI=1S/C15H18N4O/c1-10-7-8-11(9-13(10)19(2)3)17-15(20)12-5-4-6-14(16)18-12/h4-9H,1-3H3,(H2,16,18)(H,17,20). The van der Waals surface area contributed by atoms with Crippen LogP contribution >= 0.6 is 0 Å². The summed E-state index contributed by atoms with van der Waals surface area (Å²) in [5.41, 5.74) is 8.82. The lowest BCUT2D eigenvalue weighted by atomic mass is 10.1. The van der Waals surface area contributed by atoms with Gasteiger partial charge in [0.05, 0.1) is 0 Å². The van der Waals surface area contributed by atoms with Crippen LogP contribution in [-0.4, -0.2) is 25.0 Å². The highest BCUT2D eigenvalue weighted by Gasteiger charge is 2.09. The third-order valence-corrected chi connectivity index (χ3v) is 2.95. The topological polar surface area (TPSA) is 71.2 Å². The fourth-order valence-corrected chi connectivity index (χ4v) is 1.94. The number of benzene rings is 1. The number of aryl methyl sites for hydroxylation is 1. The van der Waals surface area contributed by atoms with E-state index in [0.29, 0.717) is 11.5 Å². The van der Waals surface area contributed by atoms with Crippen molar-refractivity contribution >= 4 is 23.1 Å². The summed E-state index contributed by atoms with van der Waals surface area (Å²) in [7, 11) is 3.93. The summed E-state index contributed by atoms with van der Waals surface area (Å²) in [6.07, 6.45) is 0. The number of nitrogens with two attached hydrogens (primary N) is 1. The first-order valence-electron chi connectivity index (χ1n) is 6.29. The van der Waals surface area contributed by atoms with Gasteiger partial charge in [-0.2, -0.15) is 0 Å². The Labute approximate surface area is 118 Å². The van der Waals surface area contributed by atoms with Gasteiger partial charge in [-0.05, 0) is 36.8 Å². The van der Waals surface area contributed by atoms with E-state index in [4.69, 9.17) is 5.73 Å². The quantitative estimate of drug-likeness (QED) is 0.897. The molecule has 0 aliphatic heterocycles. The summed E-state index contributed by atoms with van der Waals surface area (Å²) in [6, 6.07) is 10.8. The lowest BCUT2D eigenvalue weighted by Crippen LogP contribution is -2.15. The van der Waals surface area contributed by atoms with Gasteiger partial charge in [-0.15, -0.1) is 0 Å². The van der Waals surface area contributed by atoms with Gasteiger partial charge in [0.1, 0.15) is 11.5 Å². The molecule has 104 valence electrons. The number of rotatable bonds is 3. The second kappa shape index (κ2) is 5.61. The molecule has 0 unspecified atom stereocenters. The van der Waals surface area contributed by atoms with Crippen molar-refractivity contribution in [2.45, 2.75) is 6.92 Å². The van der Waals surface area contributed by atoms with Crippen LogP contribution in [0.1, 0.15) is 16.1 Å². The van der Waals surface area contributed by atoms with Crippen molar-refractivity contribution in [3.8, 4) is 0 Å². The Kier molecular flexibility index (Phi) is 3.89. The Balaban J connectivity index is 2.22. The van der Waals surface area contributed by atoms with Gasteiger partial charge < -0.3 is 16.0 Å². The molecular formula is C15H18N4O.